The lowest BCUT2D eigenvalue weighted by Gasteiger charge is -2.40. The predicted octanol–water partition coefficient (Wildman–Crippen LogP) is 3.28. The van der Waals surface area contributed by atoms with Gasteiger partial charge in [-0.3, -0.25) is 4.79 Å². The van der Waals surface area contributed by atoms with Gasteiger partial charge in [0.15, 0.2) is 0 Å². The van der Waals surface area contributed by atoms with Crippen molar-refractivity contribution < 1.29 is 9.21 Å². The standard InChI is InChI=1S/C18H28N2O2/c1-12-7-9-20(16(10-12)17-5-4-14(3)22-17)18(21)15-6-8-19-13(2)11-15/h4-5,12-13,15-16,19H,6-11H2,1-3H3/t12?,13-,15-,16?/m0/s1. The summed E-state index contributed by atoms with van der Waals surface area (Å²) in [4.78, 5) is 15.2. The van der Waals surface area contributed by atoms with Crippen molar-refractivity contribution >= 4 is 5.91 Å². The van der Waals surface area contributed by atoms with E-state index in [1.165, 1.54) is 0 Å². The highest BCUT2D eigenvalue weighted by Gasteiger charge is 2.37. The smallest absolute Gasteiger partial charge is 0.226 e. The Morgan fingerprint density at radius 2 is 2.09 bits per heavy atom. The zero-order valence-corrected chi connectivity index (χ0v) is 14.0. The second kappa shape index (κ2) is 6.45. The Labute approximate surface area is 133 Å². The number of hydrogen-bond acceptors (Lipinski definition) is 3. The number of piperidine rings is 2. The summed E-state index contributed by atoms with van der Waals surface area (Å²) in [6, 6.07) is 4.61. The maximum atomic E-state index is 13.1. The Balaban J connectivity index is 1.78. The average Bonchev–Trinajstić information content (AvgIpc) is 2.93. The first-order chi connectivity index (χ1) is 10.5. The van der Waals surface area contributed by atoms with E-state index in [1.807, 2.05) is 19.1 Å². The molecule has 4 atom stereocenters. The molecule has 3 heterocycles. The van der Waals surface area contributed by atoms with Crippen molar-refractivity contribution in [2.45, 2.75) is 58.5 Å². The molecule has 2 unspecified atom stereocenters. The maximum Gasteiger partial charge on any atom is 0.226 e. The van der Waals surface area contributed by atoms with Crippen LogP contribution in [0.5, 0.6) is 0 Å². The Morgan fingerprint density at radius 3 is 2.77 bits per heavy atom. The number of nitrogens with one attached hydrogen (secondary N) is 1. The van der Waals surface area contributed by atoms with Crippen LogP contribution >= 0.6 is 0 Å². The topological polar surface area (TPSA) is 45.5 Å². The first kappa shape index (κ1) is 15.6. The number of furan rings is 1. The molecule has 4 nitrogen and oxygen atoms in total. The van der Waals surface area contributed by atoms with Gasteiger partial charge < -0.3 is 14.6 Å². The maximum absolute atomic E-state index is 13.1. The highest BCUT2D eigenvalue weighted by molar-refractivity contribution is 5.79. The fourth-order valence-corrected chi connectivity index (χ4v) is 3.90. The van der Waals surface area contributed by atoms with Gasteiger partial charge in [-0.25, -0.2) is 0 Å². The van der Waals surface area contributed by atoms with Gasteiger partial charge in [-0.15, -0.1) is 0 Å². The Bertz CT molecular complexity index is 525. The molecule has 0 spiro atoms. The highest BCUT2D eigenvalue weighted by atomic mass is 16.3. The fraction of sp³-hybridized carbons (Fsp3) is 0.722. The van der Waals surface area contributed by atoms with Crippen molar-refractivity contribution in [3.8, 4) is 0 Å². The zero-order chi connectivity index (χ0) is 15.7. The van der Waals surface area contributed by atoms with Crippen LogP contribution in [0.1, 0.15) is 57.1 Å². The van der Waals surface area contributed by atoms with Gasteiger partial charge in [-0.1, -0.05) is 6.92 Å². The lowest BCUT2D eigenvalue weighted by atomic mass is 9.87. The molecule has 0 bridgehead atoms. The number of rotatable bonds is 2. The Hall–Kier alpha value is -1.29. The summed E-state index contributed by atoms with van der Waals surface area (Å²) >= 11 is 0. The second-order valence-corrected chi connectivity index (χ2v) is 7.20. The Kier molecular flexibility index (Phi) is 4.57. The minimum atomic E-state index is 0.121. The minimum absolute atomic E-state index is 0.121. The molecule has 2 saturated heterocycles. The molecule has 0 saturated carbocycles. The molecule has 122 valence electrons. The summed E-state index contributed by atoms with van der Waals surface area (Å²) in [5.74, 6) is 3.03. The molecule has 3 rings (SSSR count). The average molecular weight is 304 g/mol. The van der Waals surface area contributed by atoms with E-state index in [0.29, 0.717) is 17.9 Å². The van der Waals surface area contributed by atoms with Crippen molar-refractivity contribution in [1.82, 2.24) is 10.2 Å². The molecule has 1 amide bonds. The van der Waals surface area contributed by atoms with Crippen molar-refractivity contribution in [2.24, 2.45) is 11.8 Å². The van der Waals surface area contributed by atoms with Gasteiger partial charge in [0.05, 0.1) is 6.04 Å². The van der Waals surface area contributed by atoms with Gasteiger partial charge in [-0.05, 0) is 64.1 Å². The first-order valence-electron chi connectivity index (χ1n) is 8.64. The number of aryl methyl sites for hydroxylation is 1. The lowest BCUT2D eigenvalue weighted by Crippen LogP contribution is -2.47. The van der Waals surface area contributed by atoms with Crippen molar-refractivity contribution in [3.05, 3.63) is 23.7 Å². The number of hydrogen-bond donors (Lipinski definition) is 1. The summed E-state index contributed by atoms with van der Waals surface area (Å²) < 4.78 is 5.85. The van der Waals surface area contributed by atoms with E-state index in [-0.39, 0.29) is 12.0 Å². The molecule has 4 heteroatoms. The first-order valence-corrected chi connectivity index (χ1v) is 8.64. The third-order valence-electron chi connectivity index (χ3n) is 5.21. The van der Waals surface area contributed by atoms with E-state index in [0.717, 1.165) is 50.3 Å². The van der Waals surface area contributed by atoms with Crippen molar-refractivity contribution in [2.75, 3.05) is 13.1 Å². The van der Waals surface area contributed by atoms with E-state index in [2.05, 4.69) is 24.1 Å². The second-order valence-electron chi connectivity index (χ2n) is 7.20. The van der Waals surface area contributed by atoms with E-state index in [1.54, 1.807) is 0 Å². The predicted molar refractivity (Wildman–Crippen MR) is 86.5 cm³/mol. The van der Waals surface area contributed by atoms with Crippen LogP contribution in [0.2, 0.25) is 0 Å². The van der Waals surface area contributed by atoms with Crippen LogP contribution in [0, 0.1) is 18.8 Å². The molecule has 2 aliphatic heterocycles. The summed E-state index contributed by atoms with van der Waals surface area (Å²) in [6.45, 7) is 8.23. The highest BCUT2D eigenvalue weighted by Crippen LogP contribution is 2.36. The number of likely N-dealkylation sites (tertiary alicyclic amines) is 1. The third-order valence-corrected chi connectivity index (χ3v) is 5.21. The number of nitrogens with zero attached hydrogens (tertiary/aromatic N) is 1. The molecule has 1 aromatic rings. The minimum Gasteiger partial charge on any atom is -0.464 e. The molecule has 0 aromatic carbocycles. The van der Waals surface area contributed by atoms with Gasteiger partial charge in [0.25, 0.3) is 0 Å². The van der Waals surface area contributed by atoms with Crippen LogP contribution in [0.25, 0.3) is 0 Å². The van der Waals surface area contributed by atoms with Crippen LogP contribution < -0.4 is 5.32 Å². The van der Waals surface area contributed by atoms with Gasteiger partial charge in [-0.2, -0.15) is 0 Å². The van der Waals surface area contributed by atoms with Crippen LogP contribution in [0.3, 0.4) is 0 Å². The number of carbonyl (C=O) groups excluding carboxylic acids is 1. The summed E-state index contributed by atoms with van der Waals surface area (Å²) in [6.07, 6.45) is 4.02. The Morgan fingerprint density at radius 1 is 1.27 bits per heavy atom. The molecule has 0 aliphatic carbocycles. The summed E-state index contributed by atoms with van der Waals surface area (Å²) in [5.41, 5.74) is 0. The molecule has 0 radical (unpaired) electrons. The molecular weight excluding hydrogens is 276 g/mol. The van der Waals surface area contributed by atoms with Gasteiger partial charge >= 0.3 is 0 Å². The van der Waals surface area contributed by atoms with Crippen molar-refractivity contribution in [1.29, 1.82) is 0 Å². The van der Waals surface area contributed by atoms with Crippen LogP contribution in [-0.2, 0) is 4.79 Å². The van der Waals surface area contributed by atoms with Gasteiger partial charge in [0, 0.05) is 18.5 Å². The normalized spacial score (nSPS) is 33.0. The zero-order valence-electron chi connectivity index (χ0n) is 14.0. The number of amides is 1. The van der Waals surface area contributed by atoms with E-state index in [4.69, 9.17) is 4.42 Å². The summed E-state index contributed by atoms with van der Waals surface area (Å²) in [5, 5.41) is 3.43. The molecule has 2 fully saturated rings. The number of carbonyl (C=O) groups is 1. The largest absolute Gasteiger partial charge is 0.464 e. The monoisotopic (exact) mass is 304 g/mol. The van der Waals surface area contributed by atoms with Gasteiger partial charge in [0.2, 0.25) is 5.91 Å². The van der Waals surface area contributed by atoms with Crippen LogP contribution in [0.4, 0.5) is 0 Å². The quantitative estimate of drug-likeness (QED) is 0.912. The van der Waals surface area contributed by atoms with E-state index in [9.17, 15) is 4.79 Å². The molecule has 22 heavy (non-hydrogen) atoms. The van der Waals surface area contributed by atoms with E-state index < -0.39 is 0 Å². The SMILES string of the molecule is Cc1ccc(C2CC(C)CCN2C(=O)[C@H]2CCN[C@@H](C)C2)o1. The lowest BCUT2D eigenvalue weighted by molar-refractivity contribution is -0.142. The summed E-state index contributed by atoms with van der Waals surface area (Å²) in [7, 11) is 0. The molecule has 2 aliphatic rings. The molecule has 1 N–H and O–H groups in total. The third kappa shape index (κ3) is 3.22. The van der Waals surface area contributed by atoms with E-state index >= 15 is 0 Å². The fourth-order valence-electron chi connectivity index (χ4n) is 3.90. The van der Waals surface area contributed by atoms with Crippen LogP contribution in [0.15, 0.2) is 16.5 Å². The molecular formula is C18H28N2O2. The van der Waals surface area contributed by atoms with Crippen LogP contribution in [-0.4, -0.2) is 29.9 Å². The van der Waals surface area contributed by atoms with Crippen molar-refractivity contribution in [3.63, 3.8) is 0 Å². The van der Waals surface area contributed by atoms with Gasteiger partial charge in [0.1, 0.15) is 11.5 Å². The molecule has 1 aromatic heterocycles.